The van der Waals surface area contributed by atoms with Crippen molar-refractivity contribution < 1.29 is 14.6 Å². The van der Waals surface area contributed by atoms with Crippen LogP contribution < -0.4 is 4.74 Å². The molecule has 0 saturated heterocycles. The number of carboxylic acid groups (broad SMARTS) is 1. The molecule has 0 atom stereocenters. The Morgan fingerprint density at radius 2 is 2.05 bits per heavy atom. The number of aliphatic carboxylic acids is 1. The predicted molar refractivity (Wildman–Crippen MR) is 74.1 cm³/mol. The first kappa shape index (κ1) is 13.0. The second kappa shape index (κ2) is 5.20. The lowest BCUT2D eigenvalue weighted by Crippen LogP contribution is -2.02. The summed E-state index contributed by atoms with van der Waals surface area (Å²) in [6.07, 6.45) is 1.39. The van der Waals surface area contributed by atoms with Gasteiger partial charge in [-0.3, -0.25) is 4.79 Å². The van der Waals surface area contributed by atoms with E-state index in [0.717, 1.165) is 17.0 Å². The fourth-order valence-corrected chi connectivity index (χ4v) is 2.03. The van der Waals surface area contributed by atoms with Crippen molar-refractivity contribution in [1.29, 1.82) is 0 Å². The van der Waals surface area contributed by atoms with E-state index in [9.17, 15) is 4.79 Å². The van der Waals surface area contributed by atoms with Gasteiger partial charge in [-0.2, -0.15) is 9.50 Å². The standard InChI is InChI=1S/C14H12N4O3/c1-21-10-4-2-9(3-5-10)11-6-7-15-14-16-12(8-13(19)20)17-18(11)14/h2-7H,8H2,1H3,(H,19,20). The van der Waals surface area contributed by atoms with Crippen LogP contribution in [0.5, 0.6) is 5.75 Å². The van der Waals surface area contributed by atoms with Gasteiger partial charge in [-0.15, -0.1) is 5.10 Å². The summed E-state index contributed by atoms with van der Waals surface area (Å²) in [4.78, 5) is 19.0. The van der Waals surface area contributed by atoms with Crippen molar-refractivity contribution in [2.24, 2.45) is 0 Å². The minimum Gasteiger partial charge on any atom is -0.497 e. The van der Waals surface area contributed by atoms with Crippen LogP contribution in [0, 0.1) is 0 Å². The summed E-state index contributed by atoms with van der Waals surface area (Å²) in [5, 5.41) is 13.0. The van der Waals surface area contributed by atoms with Crippen LogP contribution in [-0.4, -0.2) is 37.8 Å². The third kappa shape index (κ3) is 2.53. The fraction of sp³-hybridized carbons (Fsp3) is 0.143. The Bertz CT molecular complexity index is 796. The van der Waals surface area contributed by atoms with Crippen molar-refractivity contribution in [3.05, 3.63) is 42.4 Å². The van der Waals surface area contributed by atoms with E-state index in [1.54, 1.807) is 23.9 Å². The maximum absolute atomic E-state index is 10.7. The van der Waals surface area contributed by atoms with Crippen LogP contribution >= 0.6 is 0 Å². The number of nitrogens with zero attached hydrogens (tertiary/aromatic N) is 4. The first-order valence-corrected chi connectivity index (χ1v) is 6.24. The van der Waals surface area contributed by atoms with Crippen LogP contribution in [0.3, 0.4) is 0 Å². The Labute approximate surface area is 119 Å². The number of aromatic nitrogens is 4. The fourth-order valence-electron chi connectivity index (χ4n) is 2.03. The second-order valence-electron chi connectivity index (χ2n) is 4.37. The van der Waals surface area contributed by atoms with Gasteiger partial charge in [0.2, 0.25) is 0 Å². The highest BCUT2D eigenvalue weighted by Crippen LogP contribution is 2.22. The first-order valence-electron chi connectivity index (χ1n) is 6.24. The third-order valence-electron chi connectivity index (χ3n) is 2.98. The van der Waals surface area contributed by atoms with Crippen molar-refractivity contribution in [2.45, 2.75) is 6.42 Å². The molecule has 7 heteroatoms. The van der Waals surface area contributed by atoms with Crippen molar-refractivity contribution in [2.75, 3.05) is 7.11 Å². The van der Waals surface area contributed by atoms with Gasteiger partial charge in [-0.1, -0.05) is 0 Å². The van der Waals surface area contributed by atoms with E-state index < -0.39 is 5.97 Å². The number of rotatable bonds is 4. The van der Waals surface area contributed by atoms with Gasteiger partial charge in [-0.05, 0) is 30.3 Å². The Morgan fingerprint density at radius 1 is 1.29 bits per heavy atom. The van der Waals surface area contributed by atoms with Gasteiger partial charge in [0.1, 0.15) is 12.2 Å². The number of benzene rings is 1. The summed E-state index contributed by atoms with van der Waals surface area (Å²) in [7, 11) is 1.61. The van der Waals surface area contributed by atoms with Crippen molar-refractivity contribution in [1.82, 2.24) is 19.6 Å². The molecule has 3 aromatic rings. The maximum Gasteiger partial charge on any atom is 0.311 e. The zero-order valence-electron chi connectivity index (χ0n) is 11.2. The SMILES string of the molecule is COc1ccc(-c2ccnc3nc(CC(=O)O)nn23)cc1. The van der Waals surface area contributed by atoms with Gasteiger partial charge >= 0.3 is 5.97 Å². The molecule has 1 aromatic carbocycles. The van der Waals surface area contributed by atoms with Crippen molar-refractivity contribution >= 4 is 11.7 Å². The molecule has 21 heavy (non-hydrogen) atoms. The van der Waals surface area contributed by atoms with Gasteiger partial charge in [0.05, 0.1) is 12.8 Å². The van der Waals surface area contributed by atoms with Gasteiger partial charge < -0.3 is 9.84 Å². The average Bonchev–Trinajstić information content (AvgIpc) is 2.88. The normalized spacial score (nSPS) is 10.7. The summed E-state index contributed by atoms with van der Waals surface area (Å²) >= 11 is 0. The average molecular weight is 284 g/mol. The minimum absolute atomic E-state index is 0.231. The van der Waals surface area contributed by atoms with Crippen LogP contribution in [0.25, 0.3) is 17.0 Å². The second-order valence-corrected chi connectivity index (χ2v) is 4.37. The number of hydrogen-bond donors (Lipinski definition) is 1. The Morgan fingerprint density at radius 3 is 2.71 bits per heavy atom. The molecule has 0 amide bonds. The van der Waals surface area contributed by atoms with Crippen LogP contribution in [0.4, 0.5) is 0 Å². The van der Waals surface area contributed by atoms with E-state index in [0.29, 0.717) is 5.78 Å². The lowest BCUT2D eigenvalue weighted by Gasteiger charge is -2.04. The highest BCUT2D eigenvalue weighted by molar-refractivity contribution is 5.69. The molecule has 0 spiro atoms. The van der Waals surface area contributed by atoms with Crippen molar-refractivity contribution in [3.8, 4) is 17.0 Å². The molecule has 0 fully saturated rings. The van der Waals surface area contributed by atoms with E-state index >= 15 is 0 Å². The molecule has 0 bridgehead atoms. The molecular formula is C14H12N4O3. The molecule has 2 aromatic heterocycles. The van der Waals surface area contributed by atoms with Crippen LogP contribution in [0.1, 0.15) is 5.82 Å². The van der Waals surface area contributed by atoms with Gasteiger partial charge in [-0.25, -0.2) is 4.98 Å². The topological polar surface area (TPSA) is 89.6 Å². The highest BCUT2D eigenvalue weighted by atomic mass is 16.5. The number of carboxylic acids is 1. The van der Waals surface area contributed by atoms with E-state index in [2.05, 4.69) is 15.1 Å². The van der Waals surface area contributed by atoms with E-state index in [4.69, 9.17) is 9.84 Å². The smallest absolute Gasteiger partial charge is 0.311 e. The summed E-state index contributed by atoms with van der Waals surface area (Å²) < 4.78 is 6.67. The minimum atomic E-state index is -0.975. The monoisotopic (exact) mass is 284 g/mol. The molecule has 0 aliphatic rings. The molecule has 0 radical (unpaired) electrons. The molecule has 0 aliphatic carbocycles. The van der Waals surface area contributed by atoms with Crippen LogP contribution in [0.15, 0.2) is 36.5 Å². The zero-order chi connectivity index (χ0) is 14.8. The zero-order valence-corrected chi connectivity index (χ0v) is 11.2. The van der Waals surface area contributed by atoms with Crippen molar-refractivity contribution in [3.63, 3.8) is 0 Å². The summed E-state index contributed by atoms with van der Waals surface area (Å²) in [6.45, 7) is 0. The lowest BCUT2D eigenvalue weighted by molar-refractivity contribution is -0.136. The largest absolute Gasteiger partial charge is 0.497 e. The third-order valence-corrected chi connectivity index (χ3v) is 2.98. The summed E-state index contributed by atoms with van der Waals surface area (Å²) in [5.74, 6) is 0.390. The molecule has 0 aliphatic heterocycles. The number of methoxy groups -OCH3 is 1. The molecular weight excluding hydrogens is 272 g/mol. The lowest BCUT2D eigenvalue weighted by atomic mass is 10.1. The quantitative estimate of drug-likeness (QED) is 0.779. The summed E-state index contributed by atoms with van der Waals surface area (Å²) in [5.41, 5.74) is 1.70. The van der Waals surface area contributed by atoms with Gasteiger partial charge in [0.15, 0.2) is 5.82 Å². The maximum atomic E-state index is 10.7. The Balaban J connectivity index is 2.08. The van der Waals surface area contributed by atoms with E-state index in [-0.39, 0.29) is 12.2 Å². The van der Waals surface area contributed by atoms with E-state index in [1.165, 1.54) is 0 Å². The van der Waals surface area contributed by atoms with E-state index in [1.807, 2.05) is 24.3 Å². The molecule has 106 valence electrons. The molecule has 1 N–H and O–H groups in total. The molecule has 0 saturated carbocycles. The molecule has 0 unspecified atom stereocenters. The number of carbonyl (C=O) groups is 1. The number of hydrogen-bond acceptors (Lipinski definition) is 5. The van der Waals surface area contributed by atoms with Crippen LogP contribution in [0.2, 0.25) is 0 Å². The first-order chi connectivity index (χ1) is 10.2. The highest BCUT2D eigenvalue weighted by Gasteiger charge is 2.12. The van der Waals surface area contributed by atoms with Gasteiger partial charge in [0.25, 0.3) is 5.78 Å². The summed E-state index contributed by atoms with van der Waals surface area (Å²) in [6, 6.07) is 9.28. The molecule has 3 rings (SSSR count). The van der Waals surface area contributed by atoms with Gasteiger partial charge in [0, 0.05) is 11.8 Å². The van der Waals surface area contributed by atoms with Crippen LogP contribution in [-0.2, 0) is 11.2 Å². The number of ether oxygens (including phenoxy) is 1. The predicted octanol–water partition coefficient (Wildman–Crippen LogP) is 1.43. The molecule has 2 heterocycles. The molecule has 7 nitrogen and oxygen atoms in total. The Kier molecular flexibility index (Phi) is 3.23. The Hall–Kier alpha value is -2.96. The number of fused-ring (bicyclic) bond motifs is 1.